The molecule has 0 aliphatic heterocycles. The van der Waals surface area contributed by atoms with E-state index in [9.17, 15) is 5.11 Å². The maximum atomic E-state index is 9.89. The molecule has 94 valence electrons. The molecule has 1 aromatic carbocycles. The third-order valence-corrected chi connectivity index (χ3v) is 3.53. The van der Waals surface area contributed by atoms with Crippen LogP contribution in [0.15, 0.2) is 18.2 Å². The van der Waals surface area contributed by atoms with Gasteiger partial charge in [-0.05, 0) is 57.2 Å². The zero-order chi connectivity index (χ0) is 12.5. The molecule has 1 saturated carbocycles. The molecule has 2 rings (SSSR count). The Bertz CT molecular complexity index is 390. The van der Waals surface area contributed by atoms with Gasteiger partial charge in [0.15, 0.2) is 0 Å². The maximum Gasteiger partial charge on any atom is 0.138 e. The van der Waals surface area contributed by atoms with Crippen molar-refractivity contribution in [1.82, 2.24) is 0 Å². The topological polar surface area (TPSA) is 29.5 Å². The van der Waals surface area contributed by atoms with E-state index < -0.39 is 5.60 Å². The molecule has 1 aliphatic carbocycles. The summed E-state index contributed by atoms with van der Waals surface area (Å²) < 4.78 is 5.86. The van der Waals surface area contributed by atoms with E-state index in [-0.39, 0.29) is 0 Å². The van der Waals surface area contributed by atoms with E-state index in [0.29, 0.717) is 11.1 Å². The van der Waals surface area contributed by atoms with E-state index >= 15 is 0 Å². The molecular weight excluding hydrogens is 236 g/mol. The average Bonchev–Trinajstić information content (AvgIpc) is 2.72. The van der Waals surface area contributed by atoms with E-state index in [4.69, 9.17) is 16.3 Å². The van der Waals surface area contributed by atoms with Gasteiger partial charge in [0.25, 0.3) is 0 Å². The fourth-order valence-electron chi connectivity index (χ4n) is 2.16. The van der Waals surface area contributed by atoms with Gasteiger partial charge in [0.2, 0.25) is 0 Å². The van der Waals surface area contributed by atoms with Crippen molar-refractivity contribution in [2.45, 2.75) is 51.2 Å². The van der Waals surface area contributed by atoms with Gasteiger partial charge in [-0.15, -0.1) is 0 Å². The summed E-state index contributed by atoms with van der Waals surface area (Å²) in [5, 5.41) is 10.5. The zero-order valence-corrected chi connectivity index (χ0v) is 11.1. The molecule has 1 aromatic rings. The quantitative estimate of drug-likeness (QED) is 0.887. The number of ether oxygens (including phenoxy) is 1. The summed E-state index contributed by atoms with van der Waals surface area (Å²) in [6, 6.07) is 5.51. The van der Waals surface area contributed by atoms with Crippen LogP contribution >= 0.6 is 11.6 Å². The highest BCUT2D eigenvalue weighted by atomic mass is 35.5. The molecule has 1 fully saturated rings. The predicted molar refractivity (Wildman–Crippen MR) is 69.6 cm³/mol. The number of hydrogen-bond acceptors (Lipinski definition) is 2. The highest BCUT2D eigenvalue weighted by Crippen LogP contribution is 2.33. The second-order valence-corrected chi connectivity index (χ2v) is 5.64. The Morgan fingerprint density at radius 1 is 1.29 bits per heavy atom. The van der Waals surface area contributed by atoms with Crippen molar-refractivity contribution in [3.8, 4) is 5.75 Å². The Morgan fingerprint density at radius 2 is 1.94 bits per heavy atom. The number of halogens is 1. The Labute approximate surface area is 108 Å². The number of rotatable bonds is 3. The summed E-state index contributed by atoms with van der Waals surface area (Å²) in [6.45, 7) is 3.49. The summed E-state index contributed by atoms with van der Waals surface area (Å²) in [4.78, 5) is 0. The molecule has 2 nitrogen and oxygen atoms in total. The first kappa shape index (κ1) is 12.7. The molecule has 0 radical (unpaired) electrons. The zero-order valence-electron chi connectivity index (χ0n) is 10.4. The molecule has 1 N–H and O–H groups in total. The van der Waals surface area contributed by atoms with E-state index in [0.717, 1.165) is 24.2 Å². The van der Waals surface area contributed by atoms with Gasteiger partial charge < -0.3 is 9.84 Å². The van der Waals surface area contributed by atoms with Crippen molar-refractivity contribution in [3.63, 3.8) is 0 Å². The van der Waals surface area contributed by atoms with Crippen molar-refractivity contribution < 1.29 is 9.84 Å². The summed E-state index contributed by atoms with van der Waals surface area (Å²) >= 11 is 6.18. The molecular formula is C14H19ClO2. The molecule has 0 aromatic heterocycles. The van der Waals surface area contributed by atoms with Crippen LogP contribution in [0, 0.1) is 0 Å². The van der Waals surface area contributed by atoms with Crippen LogP contribution in [-0.2, 0) is 5.60 Å². The van der Waals surface area contributed by atoms with Crippen LogP contribution in [0.25, 0.3) is 0 Å². The van der Waals surface area contributed by atoms with Crippen molar-refractivity contribution in [2.75, 3.05) is 0 Å². The van der Waals surface area contributed by atoms with Crippen molar-refractivity contribution in [2.24, 2.45) is 0 Å². The van der Waals surface area contributed by atoms with Crippen LogP contribution in [0.2, 0.25) is 5.02 Å². The van der Waals surface area contributed by atoms with Crippen molar-refractivity contribution in [1.29, 1.82) is 0 Å². The maximum absolute atomic E-state index is 9.89. The van der Waals surface area contributed by atoms with Crippen molar-refractivity contribution >= 4 is 11.6 Å². The minimum atomic E-state index is -0.866. The number of hydrogen-bond donors (Lipinski definition) is 1. The highest BCUT2D eigenvalue weighted by Gasteiger charge is 2.20. The largest absolute Gasteiger partial charge is 0.489 e. The number of aliphatic hydroxyl groups is 1. The fraction of sp³-hybridized carbons (Fsp3) is 0.571. The second kappa shape index (κ2) is 4.87. The van der Waals surface area contributed by atoms with Crippen LogP contribution in [0.3, 0.4) is 0 Å². The summed E-state index contributed by atoms with van der Waals surface area (Å²) in [5.74, 6) is 0.728. The average molecular weight is 255 g/mol. The lowest BCUT2D eigenvalue weighted by Crippen LogP contribution is -2.16. The Morgan fingerprint density at radius 3 is 2.47 bits per heavy atom. The van der Waals surface area contributed by atoms with Crippen LogP contribution in [0.4, 0.5) is 0 Å². The van der Waals surface area contributed by atoms with Crippen LogP contribution in [0.5, 0.6) is 5.75 Å². The molecule has 3 heteroatoms. The molecule has 0 saturated heterocycles. The van der Waals surface area contributed by atoms with Crippen LogP contribution < -0.4 is 4.74 Å². The number of benzene rings is 1. The monoisotopic (exact) mass is 254 g/mol. The van der Waals surface area contributed by atoms with Crippen LogP contribution in [-0.4, -0.2) is 11.2 Å². The minimum Gasteiger partial charge on any atom is -0.489 e. The molecule has 0 amide bonds. The van der Waals surface area contributed by atoms with Gasteiger partial charge in [0, 0.05) is 0 Å². The highest BCUT2D eigenvalue weighted by molar-refractivity contribution is 6.32. The standard InChI is InChI=1S/C14H19ClO2/c1-14(2,16)10-7-8-13(12(15)9-10)17-11-5-3-4-6-11/h7-9,11,16H,3-6H2,1-2H3. The third-order valence-electron chi connectivity index (χ3n) is 3.23. The molecule has 0 heterocycles. The van der Waals surface area contributed by atoms with E-state index in [2.05, 4.69) is 0 Å². The first-order valence-electron chi connectivity index (χ1n) is 6.16. The van der Waals surface area contributed by atoms with E-state index in [1.807, 2.05) is 12.1 Å². The van der Waals surface area contributed by atoms with Gasteiger partial charge in [-0.3, -0.25) is 0 Å². The van der Waals surface area contributed by atoms with Crippen molar-refractivity contribution in [3.05, 3.63) is 28.8 Å². The van der Waals surface area contributed by atoms with Gasteiger partial charge in [-0.25, -0.2) is 0 Å². The molecule has 0 bridgehead atoms. The molecule has 0 atom stereocenters. The second-order valence-electron chi connectivity index (χ2n) is 5.23. The molecule has 0 unspecified atom stereocenters. The SMILES string of the molecule is CC(C)(O)c1ccc(OC2CCCC2)c(Cl)c1. The van der Waals surface area contributed by atoms with Gasteiger partial charge in [0.05, 0.1) is 16.7 Å². The Kier molecular flexibility index (Phi) is 3.64. The van der Waals surface area contributed by atoms with Crippen LogP contribution in [0.1, 0.15) is 45.1 Å². The third kappa shape index (κ3) is 3.14. The molecule has 0 spiro atoms. The lowest BCUT2D eigenvalue weighted by Gasteiger charge is -2.20. The summed E-state index contributed by atoms with van der Waals surface area (Å²) in [6.07, 6.45) is 5.02. The lowest BCUT2D eigenvalue weighted by molar-refractivity contribution is 0.0785. The Hall–Kier alpha value is -0.730. The summed E-state index contributed by atoms with van der Waals surface area (Å²) in [7, 11) is 0. The fourth-order valence-corrected chi connectivity index (χ4v) is 2.39. The van der Waals surface area contributed by atoms with Gasteiger partial charge in [-0.2, -0.15) is 0 Å². The predicted octanol–water partition coefficient (Wildman–Crippen LogP) is 3.89. The first-order chi connectivity index (χ1) is 7.97. The van der Waals surface area contributed by atoms with E-state index in [1.165, 1.54) is 12.8 Å². The van der Waals surface area contributed by atoms with Gasteiger partial charge in [-0.1, -0.05) is 17.7 Å². The Balaban J connectivity index is 2.14. The minimum absolute atomic E-state index is 0.306. The first-order valence-corrected chi connectivity index (χ1v) is 6.53. The van der Waals surface area contributed by atoms with Gasteiger partial charge in [0.1, 0.15) is 5.75 Å². The smallest absolute Gasteiger partial charge is 0.138 e. The van der Waals surface area contributed by atoms with Gasteiger partial charge >= 0.3 is 0 Å². The summed E-state index contributed by atoms with van der Waals surface area (Å²) in [5.41, 5.74) is -0.0588. The normalized spacial score (nSPS) is 17.4. The molecule has 17 heavy (non-hydrogen) atoms. The van der Waals surface area contributed by atoms with E-state index in [1.54, 1.807) is 19.9 Å². The molecule has 1 aliphatic rings. The lowest BCUT2D eigenvalue weighted by atomic mass is 9.98.